The van der Waals surface area contributed by atoms with Gasteiger partial charge in [0.05, 0.1) is 13.2 Å². The third-order valence-corrected chi connectivity index (χ3v) is 3.69. The first-order valence-electron chi connectivity index (χ1n) is 4.88. The Labute approximate surface area is 95.0 Å². The maximum atomic E-state index is 11.5. The van der Waals surface area contributed by atoms with Crippen LogP contribution in [0.25, 0.3) is 0 Å². The minimum Gasteiger partial charge on any atom is -0.377 e. The smallest absolute Gasteiger partial charge is 0.234 e. The van der Waals surface area contributed by atoms with E-state index in [1.807, 2.05) is 30.3 Å². The van der Waals surface area contributed by atoms with E-state index in [4.69, 9.17) is 4.74 Å². The molecule has 5 heteroatoms. The van der Waals surface area contributed by atoms with E-state index in [2.05, 4.69) is 11.3 Å². The summed E-state index contributed by atoms with van der Waals surface area (Å²) >= 11 is 0. The van der Waals surface area contributed by atoms with E-state index in [-0.39, 0.29) is 0 Å². The van der Waals surface area contributed by atoms with E-state index in [0.29, 0.717) is 13.2 Å². The quantitative estimate of drug-likeness (QED) is 0.852. The summed E-state index contributed by atoms with van der Waals surface area (Å²) in [4.78, 5) is 0. The van der Waals surface area contributed by atoms with Gasteiger partial charge in [0.15, 0.2) is 0 Å². The molecule has 1 aromatic carbocycles. The van der Waals surface area contributed by atoms with Gasteiger partial charge in [0, 0.05) is 5.41 Å². The highest BCUT2D eigenvalue weighted by molar-refractivity contribution is 7.92. The van der Waals surface area contributed by atoms with Crippen LogP contribution in [0.1, 0.15) is 5.56 Å². The molecular weight excluding hydrogens is 226 g/mol. The van der Waals surface area contributed by atoms with Crippen molar-refractivity contribution in [3.05, 3.63) is 47.9 Å². The first-order valence-corrected chi connectivity index (χ1v) is 6.42. The van der Waals surface area contributed by atoms with Crippen LogP contribution in [-0.2, 0) is 20.3 Å². The molecule has 0 saturated carbocycles. The number of hydrogen-bond donors (Lipinski definition) is 1. The van der Waals surface area contributed by atoms with E-state index in [1.165, 1.54) is 0 Å². The fraction of sp³-hybridized carbons (Fsp3) is 0.273. The Morgan fingerprint density at radius 2 is 1.94 bits per heavy atom. The average Bonchev–Trinajstić information content (AvgIpc) is 2.25. The van der Waals surface area contributed by atoms with Crippen LogP contribution in [0.15, 0.2) is 42.3 Å². The van der Waals surface area contributed by atoms with Gasteiger partial charge in [0.1, 0.15) is 5.54 Å². The summed E-state index contributed by atoms with van der Waals surface area (Å²) < 4.78 is 30.7. The van der Waals surface area contributed by atoms with Crippen LogP contribution in [-0.4, -0.2) is 21.6 Å². The largest absolute Gasteiger partial charge is 0.377 e. The molecule has 0 aliphatic carbocycles. The second-order valence-corrected chi connectivity index (χ2v) is 5.38. The van der Waals surface area contributed by atoms with Crippen molar-refractivity contribution in [3.8, 4) is 0 Å². The van der Waals surface area contributed by atoms with Gasteiger partial charge in [-0.2, -0.15) is 4.72 Å². The van der Waals surface area contributed by atoms with Gasteiger partial charge in [-0.3, -0.25) is 0 Å². The summed E-state index contributed by atoms with van der Waals surface area (Å²) in [6.07, 6.45) is 0. The number of nitrogens with one attached hydrogen (secondary N) is 1. The standard InChI is InChI=1S/C11H13NO3S/c1-2-16(13,14)12-11(8-15-9-11)10-6-4-3-5-7-10/h2-7,12H,1,8-9H2. The molecule has 0 radical (unpaired) electrons. The van der Waals surface area contributed by atoms with Crippen LogP contribution in [0.5, 0.6) is 0 Å². The lowest BCUT2D eigenvalue weighted by atomic mass is 9.89. The van der Waals surface area contributed by atoms with Gasteiger partial charge >= 0.3 is 0 Å². The Balaban J connectivity index is 2.31. The summed E-state index contributed by atoms with van der Waals surface area (Å²) in [5.74, 6) is 0. The summed E-state index contributed by atoms with van der Waals surface area (Å²) in [7, 11) is -3.45. The van der Waals surface area contributed by atoms with Crippen molar-refractivity contribution in [1.29, 1.82) is 0 Å². The zero-order chi connectivity index (χ0) is 11.6. The highest BCUT2D eigenvalue weighted by Crippen LogP contribution is 2.30. The predicted octanol–water partition coefficient (Wildman–Crippen LogP) is 0.975. The van der Waals surface area contributed by atoms with E-state index < -0.39 is 15.6 Å². The Bertz CT molecular complexity index is 477. The fourth-order valence-electron chi connectivity index (χ4n) is 1.66. The molecule has 1 aromatic rings. The topological polar surface area (TPSA) is 55.4 Å². The van der Waals surface area contributed by atoms with Crippen molar-refractivity contribution in [2.24, 2.45) is 0 Å². The van der Waals surface area contributed by atoms with E-state index in [1.54, 1.807) is 0 Å². The Morgan fingerprint density at radius 1 is 1.31 bits per heavy atom. The molecule has 86 valence electrons. The predicted molar refractivity (Wildman–Crippen MR) is 61.2 cm³/mol. The number of sulfonamides is 1. The first-order chi connectivity index (χ1) is 7.58. The minimum absolute atomic E-state index is 0.351. The highest BCUT2D eigenvalue weighted by atomic mass is 32.2. The molecule has 1 aliphatic heterocycles. The highest BCUT2D eigenvalue weighted by Gasteiger charge is 2.42. The molecule has 0 atom stereocenters. The lowest BCUT2D eigenvalue weighted by Crippen LogP contribution is -2.58. The maximum Gasteiger partial charge on any atom is 0.234 e. The fourth-order valence-corrected chi connectivity index (χ4v) is 2.53. The van der Waals surface area contributed by atoms with E-state index in [0.717, 1.165) is 11.0 Å². The van der Waals surface area contributed by atoms with E-state index in [9.17, 15) is 8.42 Å². The molecule has 0 unspecified atom stereocenters. The third kappa shape index (κ3) is 2.02. The van der Waals surface area contributed by atoms with Crippen LogP contribution in [0.2, 0.25) is 0 Å². The van der Waals surface area contributed by atoms with Crippen LogP contribution in [0, 0.1) is 0 Å². The second-order valence-electron chi connectivity index (χ2n) is 3.75. The van der Waals surface area contributed by atoms with Gasteiger partial charge in [-0.15, -0.1) is 0 Å². The molecule has 16 heavy (non-hydrogen) atoms. The maximum absolute atomic E-state index is 11.5. The number of rotatable bonds is 4. The molecule has 1 aliphatic rings. The van der Waals surface area contributed by atoms with Crippen LogP contribution in [0.3, 0.4) is 0 Å². The van der Waals surface area contributed by atoms with Crippen molar-refractivity contribution in [1.82, 2.24) is 4.72 Å². The number of benzene rings is 1. The van der Waals surface area contributed by atoms with Crippen molar-refractivity contribution in [2.45, 2.75) is 5.54 Å². The van der Waals surface area contributed by atoms with Crippen molar-refractivity contribution < 1.29 is 13.2 Å². The van der Waals surface area contributed by atoms with Gasteiger partial charge in [-0.1, -0.05) is 36.9 Å². The van der Waals surface area contributed by atoms with Crippen LogP contribution >= 0.6 is 0 Å². The zero-order valence-corrected chi connectivity index (χ0v) is 9.53. The molecule has 0 aromatic heterocycles. The molecule has 0 bridgehead atoms. The van der Waals surface area contributed by atoms with Gasteiger partial charge in [0.25, 0.3) is 0 Å². The molecule has 0 spiro atoms. The lowest BCUT2D eigenvalue weighted by molar-refractivity contribution is -0.0662. The number of hydrogen-bond acceptors (Lipinski definition) is 3. The molecule has 1 N–H and O–H groups in total. The summed E-state index contributed by atoms with van der Waals surface area (Å²) in [6.45, 7) is 3.98. The molecule has 1 heterocycles. The Morgan fingerprint density at radius 3 is 2.38 bits per heavy atom. The van der Waals surface area contributed by atoms with Crippen LogP contribution < -0.4 is 4.72 Å². The number of ether oxygens (including phenoxy) is 1. The van der Waals surface area contributed by atoms with Gasteiger partial charge < -0.3 is 4.74 Å². The average molecular weight is 239 g/mol. The van der Waals surface area contributed by atoms with Crippen LogP contribution in [0.4, 0.5) is 0 Å². The normalized spacial score (nSPS) is 18.8. The molecule has 2 rings (SSSR count). The Hall–Kier alpha value is -1.17. The van der Waals surface area contributed by atoms with Crippen molar-refractivity contribution in [3.63, 3.8) is 0 Å². The first kappa shape index (κ1) is 11.3. The molecule has 4 nitrogen and oxygen atoms in total. The summed E-state index contributed by atoms with van der Waals surface area (Å²) in [5.41, 5.74) is 0.278. The molecule has 0 amide bonds. The minimum atomic E-state index is -3.45. The van der Waals surface area contributed by atoms with Gasteiger partial charge in [0.2, 0.25) is 10.0 Å². The van der Waals surface area contributed by atoms with Crippen molar-refractivity contribution >= 4 is 10.0 Å². The van der Waals surface area contributed by atoms with E-state index >= 15 is 0 Å². The Kier molecular flexibility index (Phi) is 2.84. The lowest BCUT2D eigenvalue weighted by Gasteiger charge is -2.41. The summed E-state index contributed by atoms with van der Waals surface area (Å²) in [6, 6.07) is 9.40. The van der Waals surface area contributed by atoms with Gasteiger partial charge in [-0.05, 0) is 5.56 Å². The summed E-state index contributed by atoms with van der Waals surface area (Å²) in [5, 5.41) is 0.913. The zero-order valence-electron chi connectivity index (χ0n) is 8.72. The second kappa shape index (κ2) is 4.01. The molecular formula is C11H13NO3S. The van der Waals surface area contributed by atoms with Crippen molar-refractivity contribution in [2.75, 3.05) is 13.2 Å². The third-order valence-electron chi connectivity index (χ3n) is 2.58. The monoisotopic (exact) mass is 239 g/mol. The molecule has 1 fully saturated rings. The SMILES string of the molecule is C=CS(=O)(=O)NC1(c2ccccc2)COC1. The molecule has 1 saturated heterocycles. The van der Waals surface area contributed by atoms with Gasteiger partial charge in [-0.25, -0.2) is 8.42 Å².